The van der Waals surface area contributed by atoms with Gasteiger partial charge in [0.2, 0.25) is 11.8 Å². The van der Waals surface area contributed by atoms with Crippen LogP contribution in [0.15, 0.2) is 24.3 Å². The molecule has 0 radical (unpaired) electrons. The Morgan fingerprint density at radius 3 is 2.07 bits per heavy atom. The van der Waals surface area contributed by atoms with Gasteiger partial charge in [-0.15, -0.1) is 9.97 Å². The summed E-state index contributed by atoms with van der Waals surface area (Å²) >= 11 is 0. The molecule has 0 fully saturated rings. The fourth-order valence-electron chi connectivity index (χ4n) is 2.65. The number of nitrogens with two attached hydrogens (primary N) is 2. The molecule has 0 aliphatic heterocycles. The summed E-state index contributed by atoms with van der Waals surface area (Å²) in [6, 6.07) is 2.57. The van der Waals surface area contributed by atoms with Crippen molar-refractivity contribution in [1.29, 1.82) is 0 Å². The van der Waals surface area contributed by atoms with Gasteiger partial charge in [-0.05, 0) is 9.95 Å². The highest BCUT2D eigenvalue weighted by Gasteiger charge is 2.57. The molecule has 14 heteroatoms. The van der Waals surface area contributed by atoms with Crippen LogP contribution in [0.3, 0.4) is 0 Å². The largest absolute Gasteiger partial charge is 0.481 e. The van der Waals surface area contributed by atoms with E-state index in [1.54, 1.807) is 0 Å². The van der Waals surface area contributed by atoms with E-state index < -0.39 is 49.1 Å². The van der Waals surface area contributed by atoms with Crippen molar-refractivity contribution in [3.63, 3.8) is 0 Å². The monoisotopic (exact) mass is 443 g/mol. The molecule has 1 aromatic heterocycles. The van der Waals surface area contributed by atoms with E-state index in [0.29, 0.717) is 0 Å². The number of urea groups is 1. The third-order valence-corrected chi connectivity index (χ3v) is 5.31. The maximum atomic E-state index is 14.7. The van der Waals surface area contributed by atoms with Gasteiger partial charge in [-0.1, -0.05) is 6.07 Å². The number of aromatic nitrogens is 2. The van der Waals surface area contributed by atoms with Gasteiger partial charge in [0.05, 0.1) is 20.3 Å². The Morgan fingerprint density at radius 1 is 1.13 bits per heavy atom. The van der Waals surface area contributed by atoms with Gasteiger partial charge in [-0.2, -0.15) is 13.6 Å². The highest BCUT2D eigenvalue weighted by molar-refractivity contribution is 7.89. The Morgan fingerprint density at radius 2 is 1.67 bits per heavy atom. The van der Waals surface area contributed by atoms with Crippen molar-refractivity contribution in [3.05, 3.63) is 35.6 Å². The number of nitrogens with zero attached hydrogens (tertiary/aromatic N) is 4. The molecule has 1 atom stereocenters. The number of primary amides is 1. The van der Waals surface area contributed by atoms with Crippen LogP contribution in [0.4, 0.5) is 20.8 Å². The van der Waals surface area contributed by atoms with Gasteiger partial charge in [-0.25, -0.2) is 9.18 Å². The van der Waals surface area contributed by atoms with Crippen LogP contribution in [-0.4, -0.2) is 63.5 Å². The number of rotatable bonds is 6. The average molecular weight is 443 g/mol. The SMILES string of the molecule is COc1cc(OC)nc([N+](C(N)=O)(c2cccc(F)c2C(=O)N(C)C)S(N)(=O)=O)n1. The first kappa shape index (κ1) is 22.9. The lowest BCUT2D eigenvalue weighted by atomic mass is 10.1. The number of hydrogen-bond donors (Lipinski definition) is 2. The van der Waals surface area contributed by atoms with Gasteiger partial charge in [0, 0.05) is 20.2 Å². The van der Waals surface area contributed by atoms with E-state index in [2.05, 4.69) is 9.97 Å². The maximum absolute atomic E-state index is 14.7. The first-order valence-corrected chi connectivity index (χ1v) is 9.62. The van der Waals surface area contributed by atoms with E-state index in [4.69, 9.17) is 20.3 Å². The standard InChI is InChI=1S/C16H19FN6O6S/c1-22(2)14(24)13-9(17)6-5-7-10(13)23(15(18)25,30(19,26)27)16-20-11(28-3)8-12(21-16)29-4/h5-8H,1-4H3,(H3-,18,19,25,26,27)/p+1. The molecular formula is C16H20FN6O6S+. The van der Waals surface area contributed by atoms with Gasteiger partial charge in [0.25, 0.3) is 5.91 Å². The summed E-state index contributed by atoms with van der Waals surface area (Å²) in [6.45, 7) is 0. The smallest absolute Gasteiger partial charge is 0.443 e. The Bertz CT molecular complexity index is 1090. The lowest BCUT2D eigenvalue weighted by Crippen LogP contribution is -2.61. The molecule has 0 aliphatic rings. The predicted octanol–water partition coefficient (Wildman–Crippen LogP) is 0.256. The summed E-state index contributed by atoms with van der Waals surface area (Å²) in [4.78, 5) is 34.0. The van der Waals surface area contributed by atoms with Gasteiger partial charge < -0.3 is 20.1 Å². The molecular weight excluding hydrogens is 423 g/mol. The van der Waals surface area contributed by atoms with Crippen LogP contribution in [-0.2, 0) is 10.2 Å². The summed E-state index contributed by atoms with van der Waals surface area (Å²) < 4.78 is 48.2. The van der Waals surface area contributed by atoms with Crippen molar-refractivity contribution in [2.45, 2.75) is 0 Å². The first-order chi connectivity index (χ1) is 13.9. The Hall–Kier alpha value is -3.36. The summed E-state index contributed by atoms with van der Waals surface area (Å²) in [5.41, 5.74) is 3.99. The molecule has 30 heavy (non-hydrogen) atoms. The normalized spacial score (nSPS) is 13.3. The highest BCUT2D eigenvalue weighted by Crippen LogP contribution is 2.40. The van der Waals surface area contributed by atoms with Crippen LogP contribution in [0.5, 0.6) is 11.8 Å². The number of ether oxygens (including phenoxy) is 2. The fraction of sp³-hybridized carbons (Fsp3) is 0.250. The fourth-order valence-corrected chi connectivity index (χ4v) is 3.64. The third-order valence-electron chi connectivity index (χ3n) is 4.01. The Labute approximate surface area is 171 Å². The maximum Gasteiger partial charge on any atom is 0.443 e. The van der Waals surface area contributed by atoms with Crippen molar-refractivity contribution >= 4 is 33.8 Å². The van der Waals surface area contributed by atoms with Crippen molar-refractivity contribution in [1.82, 2.24) is 18.8 Å². The lowest BCUT2D eigenvalue weighted by Gasteiger charge is -2.29. The molecule has 4 N–H and O–H groups in total. The van der Waals surface area contributed by atoms with E-state index in [9.17, 15) is 22.4 Å². The minimum Gasteiger partial charge on any atom is -0.481 e. The molecule has 162 valence electrons. The summed E-state index contributed by atoms with van der Waals surface area (Å²) in [6.07, 6.45) is 0. The van der Waals surface area contributed by atoms with Crippen molar-refractivity contribution in [2.24, 2.45) is 10.9 Å². The molecule has 0 saturated carbocycles. The number of benzene rings is 1. The zero-order valence-corrected chi connectivity index (χ0v) is 17.3. The molecule has 0 bridgehead atoms. The Kier molecular flexibility index (Phi) is 6.25. The van der Waals surface area contributed by atoms with E-state index >= 15 is 0 Å². The first-order valence-electron chi connectivity index (χ1n) is 8.12. The number of carbonyl (C=O) groups is 2. The minimum absolute atomic E-state index is 0.207. The average Bonchev–Trinajstić information content (AvgIpc) is 2.66. The molecule has 12 nitrogen and oxygen atoms in total. The number of hydrogen-bond acceptors (Lipinski definition) is 8. The molecule has 0 spiro atoms. The molecule has 0 aliphatic carbocycles. The highest BCUT2D eigenvalue weighted by atomic mass is 32.2. The van der Waals surface area contributed by atoms with Gasteiger partial charge in [0.1, 0.15) is 11.4 Å². The zero-order chi connectivity index (χ0) is 22.9. The molecule has 0 saturated heterocycles. The van der Waals surface area contributed by atoms with Crippen LogP contribution in [0.2, 0.25) is 0 Å². The molecule has 3 amide bonds. The van der Waals surface area contributed by atoms with Crippen LogP contribution in [0.25, 0.3) is 0 Å². The quantitative estimate of drug-likeness (QED) is 0.599. The molecule has 2 rings (SSSR count). The van der Waals surface area contributed by atoms with Crippen LogP contribution in [0.1, 0.15) is 10.4 Å². The van der Waals surface area contributed by atoms with Crippen LogP contribution >= 0.6 is 0 Å². The summed E-state index contributed by atoms with van der Waals surface area (Å²) in [5.74, 6) is -3.32. The number of amides is 3. The third kappa shape index (κ3) is 3.62. The number of quaternary nitrogens is 1. The number of halogens is 1. The number of methoxy groups -OCH3 is 2. The van der Waals surface area contributed by atoms with Crippen molar-refractivity contribution in [2.75, 3.05) is 28.3 Å². The minimum atomic E-state index is -5.09. The van der Waals surface area contributed by atoms with E-state index in [1.807, 2.05) is 0 Å². The van der Waals surface area contributed by atoms with E-state index in [-0.39, 0.29) is 11.8 Å². The van der Waals surface area contributed by atoms with Gasteiger partial charge in [0.15, 0.2) is 5.69 Å². The molecule has 1 aromatic carbocycles. The zero-order valence-electron chi connectivity index (χ0n) is 16.5. The topological polar surface area (TPSA) is 168 Å². The number of carbonyl (C=O) groups excluding carboxylic acids is 2. The summed E-state index contributed by atoms with van der Waals surface area (Å²) in [7, 11) is -0.0549. The van der Waals surface area contributed by atoms with Crippen molar-refractivity contribution in [3.8, 4) is 11.8 Å². The van der Waals surface area contributed by atoms with Crippen molar-refractivity contribution < 1.29 is 31.9 Å². The predicted molar refractivity (Wildman–Crippen MR) is 104 cm³/mol. The Balaban J connectivity index is 3.13. The van der Waals surface area contributed by atoms with Crippen LogP contribution in [0, 0.1) is 5.82 Å². The molecule has 2 aromatic rings. The second kappa shape index (κ2) is 8.17. The molecule has 1 heterocycles. The lowest BCUT2D eigenvalue weighted by molar-refractivity contribution is 0.0823. The second-order valence-corrected chi connectivity index (χ2v) is 7.63. The van der Waals surface area contributed by atoms with Gasteiger partial charge >= 0.3 is 22.2 Å². The summed E-state index contributed by atoms with van der Waals surface area (Å²) in [5, 5.41) is 5.39. The van der Waals surface area contributed by atoms with E-state index in [1.165, 1.54) is 34.4 Å². The van der Waals surface area contributed by atoms with E-state index in [0.717, 1.165) is 23.1 Å². The molecule has 1 unspecified atom stereocenters. The van der Waals surface area contributed by atoms with Gasteiger partial charge in [-0.3, -0.25) is 4.79 Å². The second-order valence-electron chi connectivity index (χ2n) is 6.05. The van der Waals surface area contributed by atoms with Crippen LogP contribution < -0.4 is 24.2 Å².